The molecular formula is C12H16Cl2N2. The fourth-order valence-corrected chi connectivity index (χ4v) is 2.89. The van der Waals surface area contributed by atoms with E-state index < -0.39 is 0 Å². The van der Waals surface area contributed by atoms with E-state index in [0.29, 0.717) is 27.7 Å². The fraction of sp³-hybridized carbons (Fsp3) is 0.500. The SMILES string of the molecule is CC1CCCC1Nc1c(Cl)cc(N)cc1Cl. The molecule has 4 heteroatoms. The van der Waals surface area contributed by atoms with Crippen LogP contribution in [0.2, 0.25) is 10.0 Å². The quantitative estimate of drug-likeness (QED) is 0.782. The molecule has 1 fully saturated rings. The molecule has 0 amide bonds. The highest BCUT2D eigenvalue weighted by Gasteiger charge is 2.24. The number of rotatable bonds is 2. The van der Waals surface area contributed by atoms with Crippen molar-refractivity contribution in [3.05, 3.63) is 22.2 Å². The highest BCUT2D eigenvalue weighted by Crippen LogP contribution is 2.36. The number of hydrogen-bond acceptors (Lipinski definition) is 2. The second-order valence-electron chi connectivity index (χ2n) is 4.52. The minimum absolute atomic E-state index is 0.471. The molecule has 0 heterocycles. The van der Waals surface area contributed by atoms with Crippen molar-refractivity contribution in [3.8, 4) is 0 Å². The number of anilines is 2. The van der Waals surface area contributed by atoms with Gasteiger partial charge in [-0.15, -0.1) is 0 Å². The van der Waals surface area contributed by atoms with Gasteiger partial charge in [-0.1, -0.05) is 36.5 Å². The first kappa shape index (κ1) is 11.9. The molecule has 1 aromatic rings. The third-order valence-electron chi connectivity index (χ3n) is 3.26. The fourth-order valence-electron chi connectivity index (χ4n) is 2.28. The smallest absolute Gasteiger partial charge is 0.0722 e. The second-order valence-corrected chi connectivity index (χ2v) is 5.33. The lowest BCUT2D eigenvalue weighted by atomic mass is 10.1. The highest BCUT2D eigenvalue weighted by atomic mass is 35.5. The standard InChI is InChI=1S/C12H16Cl2N2/c1-7-3-2-4-11(7)16-12-9(13)5-8(15)6-10(12)14/h5-7,11,16H,2-4,15H2,1H3. The number of benzene rings is 1. The predicted molar refractivity (Wildman–Crippen MR) is 71.3 cm³/mol. The van der Waals surface area contributed by atoms with Crippen molar-refractivity contribution in [3.63, 3.8) is 0 Å². The first-order valence-electron chi connectivity index (χ1n) is 5.59. The van der Waals surface area contributed by atoms with Crippen molar-refractivity contribution >= 4 is 34.6 Å². The normalized spacial score (nSPS) is 24.7. The first-order valence-corrected chi connectivity index (χ1v) is 6.34. The van der Waals surface area contributed by atoms with Gasteiger partial charge in [0.05, 0.1) is 15.7 Å². The summed E-state index contributed by atoms with van der Waals surface area (Å²) in [7, 11) is 0. The summed E-state index contributed by atoms with van der Waals surface area (Å²) >= 11 is 12.3. The van der Waals surface area contributed by atoms with Crippen LogP contribution in [0.1, 0.15) is 26.2 Å². The molecule has 2 nitrogen and oxygen atoms in total. The highest BCUT2D eigenvalue weighted by molar-refractivity contribution is 6.39. The van der Waals surface area contributed by atoms with Crippen LogP contribution in [0.5, 0.6) is 0 Å². The minimum Gasteiger partial charge on any atom is -0.399 e. The van der Waals surface area contributed by atoms with Crippen LogP contribution in [0, 0.1) is 5.92 Å². The first-order chi connectivity index (χ1) is 7.58. The van der Waals surface area contributed by atoms with Crippen molar-refractivity contribution in [1.29, 1.82) is 0 Å². The zero-order valence-corrected chi connectivity index (χ0v) is 10.8. The number of nitrogens with two attached hydrogens (primary N) is 1. The van der Waals surface area contributed by atoms with Gasteiger partial charge < -0.3 is 11.1 Å². The monoisotopic (exact) mass is 258 g/mol. The Labute approximate surface area is 106 Å². The number of halogens is 2. The molecule has 0 aromatic heterocycles. The van der Waals surface area contributed by atoms with Gasteiger partial charge in [0.15, 0.2) is 0 Å². The van der Waals surface area contributed by atoms with Crippen LogP contribution in [0.4, 0.5) is 11.4 Å². The molecule has 1 aromatic carbocycles. The van der Waals surface area contributed by atoms with E-state index in [1.807, 2.05) is 0 Å². The average Bonchev–Trinajstić information content (AvgIpc) is 2.57. The largest absolute Gasteiger partial charge is 0.399 e. The maximum atomic E-state index is 6.13. The third-order valence-corrected chi connectivity index (χ3v) is 3.85. The van der Waals surface area contributed by atoms with Crippen LogP contribution in [-0.4, -0.2) is 6.04 Å². The molecule has 1 aliphatic rings. The van der Waals surface area contributed by atoms with E-state index in [1.54, 1.807) is 12.1 Å². The molecule has 88 valence electrons. The Kier molecular flexibility index (Phi) is 3.50. The summed E-state index contributed by atoms with van der Waals surface area (Å²) in [6.45, 7) is 2.25. The Bertz CT molecular complexity index is 370. The summed E-state index contributed by atoms with van der Waals surface area (Å²) in [5, 5.41) is 4.64. The second kappa shape index (κ2) is 4.72. The van der Waals surface area contributed by atoms with E-state index in [9.17, 15) is 0 Å². The van der Waals surface area contributed by atoms with E-state index >= 15 is 0 Å². The molecule has 0 radical (unpaired) electrons. The van der Waals surface area contributed by atoms with Crippen molar-refractivity contribution in [2.45, 2.75) is 32.2 Å². The lowest BCUT2D eigenvalue weighted by molar-refractivity contribution is 0.556. The van der Waals surface area contributed by atoms with Crippen molar-refractivity contribution in [1.82, 2.24) is 0 Å². The Balaban J connectivity index is 2.21. The number of nitrogens with one attached hydrogen (secondary N) is 1. The molecule has 1 aliphatic carbocycles. The minimum atomic E-state index is 0.471. The van der Waals surface area contributed by atoms with Gasteiger partial charge in [0.25, 0.3) is 0 Å². The van der Waals surface area contributed by atoms with Crippen molar-refractivity contribution in [2.24, 2.45) is 5.92 Å². The van der Waals surface area contributed by atoms with E-state index in [4.69, 9.17) is 28.9 Å². The van der Waals surface area contributed by atoms with Crippen LogP contribution < -0.4 is 11.1 Å². The molecule has 3 N–H and O–H groups in total. The van der Waals surface area contributed by atoms with E-state index in [-0.39, 0.29) is 0 Å². The number of nitrogen functional groups attached to an aromatic ring is 1. The Morgan fingerprint density at radius 2 is 1.88 bits per heavy atom. The lowest BCUT2D eigenvalue weighted by Crippen LogP contribution is -2.22. The van der Waals surface area contributed by atoms with Gasteiger partial charge in [0.2, 0.25) is 0 Å². The van der Waals surface area contributed by atoms with Crippen LogP contribution in [0.3, 0.4) is 0 Å². The average molecular weight is 259 g/mol. The zero-order chi connectivity index (χ0) is 11.7. The van der Waals surface area contributed by atoms with E-state index in [2.05, 4.69) is 12.2 Å². The molecule has 0 saturated heterocycles. The third kappa shape index (κ3) is 2.38. The van der Waals surface area contributed by atoms with Gasteiger partial charge in [-0.25, -0.2) is 0 Å². The van der Waals surface area contributed by atoms with Gasteiger partial charge in [0.1, 0.15) is 0 Å². The molecule has 1 saturated carbocycles. The maximum Gasteiger partial charge on any atom is 0.0722 e. The Morgan fingerprint density at radius 1 is 1.25 bits per heavy atom. The van der Waals surface area contributed by atoms with Gasteiger partial charge in [-0.05, 0) is 30.9 Å². The molecule has 0 spiro atoms. The topological polar surface area (TPSA) is 38.0 Å². The van der Waals surface area contributed by atoms with Crippen LogP contribution in [0.25, 0.3) is 0 Å². The summed E-state index contributed by atoms with van der Waals surface area (Å²) < 4.78 is 0. The van der Waals surface area contributed by atoms with Crippen LogP contribution in [0.15, 0.2) is 12.1 Å². The van der Waals surface area contributed by atoms with Gasteiger partial charge in [-0.2, -0.15) is 0 Å². The summed E-state index contributed by atoms with van der Waals surface area (Å²) in [6.07, 6.45) is 3.71. The molecule has 2 unspecified atom stereocenters. The van der Waals surface area contributed by atoms with Gasteiger partial charge in [-0.3, -0.25) is 0 Å². The van der Waals surface area contributed by atoms with E-state index in [0.717, 1.165) is 5.69 Å². The molecule has 0 bridgehead atoms. The maximum absolute atomic E-state index is 6.13. The summed E-state index contributed by atoms with van der Waals surface area (Å²) in [4.78, 5) is 0. The van der Waals surface area contributed by atoms with E-state index in [1.165, 1.54) is 19.3 Å². The Morgan fingerprint density at radius 3 is 2.38 bits per heavy atom. The predicted octanol–water partition coefficient (Wildman–Crippen LogP) is 4.18. The van der Waals surface area contributed by atoms with Crippen molar-refractivity contribution in [2.75, 3.05) is 11.1 Å². The summed E-state index contributed by atoms with van der Waals surface area (Å²) in [6, 6.07) is 3.93. The molecule has 16 heavy (non-hydrogen) atoms. The molecular weight excluding hydrogens is 243 g/mol. The molecule has 0 aliphatic heterocycles. The summed E-state index contributed by atoms with van der Waals surface area (Å²) in [5.41, 5.74) is 7.08. The molecule has 2 atom stereocenters. The summed E-state index contributed by atoms with van der Waals surface area (Å²) in [5.74, 6) is 0.671. The Hall–Kier alpha value is -0.600. The number of hydrogen-bond donors (Lipinski definition) is 2. The van der Waals surface area contributed by atoms with Crippen LogP contribution in [-0.2, 0) is 0 Å². The zero-order valence-electron chi connectivity index (χ0n) is 9.26. The van der Waals surface area contributed by atoms with Crippen LogP contribution >= 0.6 is 23.2 Å². The van der Waals surface area contributed by atoms with Gasteiger partial charge in [0, 0.05) is 11.7 Å². The van der Waals surface area contributed by atoms with Crippen molar-refractivity contribution < 1.29 is 0 Å². The lowest BCUT2D eigenvalue weighted by Gasteiger charge is -2.20. The van der Waals surface area contributed by atoms with Gasteiger partial charge >= 0.3 is 0 Å². The molecule has 2 rings (SSSR count).